The van der Waals surface area contributed by atoms with E-state index in [0.717, 1.165) is 25.0 Å². The van der Waals surface area contributed by atoms with Crippen LogP contribution in [0.3, 0.4) is 0 Å². The molecule has 0 bridgehead atoms. The maximum atomic E-state index is 13.0. The summed E-state index contributed by atoms with van der Waals surface area (Å²) >= 11 is 0. The highest BCUT2D eigenvalue weighted by atomic mass is 19.4. The molecule has 1 unspecified atom stereocenters. The molecule has 2 heterocycles. The lowest BCUT2D eigenvalue weighted by molar-refractivity contribution is -0.138. The van der Waals surface area contributed by atoms with Crippen LogP contribution in [-0.4, -0.2) is 34.2 Å². The normalized spacial score (nSPS) is 19.6. The van der Waals surface area contributed by atoms with Gasteiger partial charge in [0.2, 0.25) is 11.8 Å². The number of benzene rings is 1. The summed E-state index contributed by atoms with van der Waals surface area (Å²) in [5.41, 5.74) is -0.344. The van der Waals surface area contributed by atoms with Crippen LogP contribution in [0, 0.1) is 5.92 Å². The van der Waals surface area contributed by atoms with Crippen LogP contribution < -0.4 is 0 Å². The van der Waals surface area contributed by atoms with Crippen LogP contribution in [0.4, 0.5) is 13.2 Å². The summed E-state index contributed by atoms with van der Waals surface area (Å²) in [4.78, 5) is 28.7. The summed E-state index contributed by atoms with van der Waals surface area (Å²) in [7, 11) is 0. The van der Waals surface area contributed by atoms with Crippen molar-refractivity contribution in [3.05, 3.63) is 59.5 Å². The van der Waals surface area contributed by atoms with Crippen molar-refractivity contribution in [1.82, 2.24) is 9.80 Å². The zero-order valence-electron chi connectivity index (χ0n) is 15.7. The number of hydrogen-bond donors (Lipinski definition) is 0. The molecule has 1 saturated carbocycles. The van der Waals surface area contributed by atoms with Crippen LogP contribution in [0.5, 0.6) is 0 Å². The van der Waals surface area contributed by atoms with Gasteiger partial charge in [0.15, 0.2) is 0 Å². The van der Waals surface area contributed by atoms with Gasteiger partial charge in [0.1, 0.15) is 5.76 Å². The number of amides is 2. The highest BCUT2D eigenvalue weighted by Crippen LogP contribution is 2.33. The SMILES string of the molecule is O=C1CC(C(=O)N(Cc2ccco2)C2CC2)CN1Cc1cccc(C(F)(F)F)c1. The summed E-state index contributed by atoms with van der Waals surface area (Å²) in [5.74, 6) is -0.0995. The van der Waals surface area contributed by atoms with E-state index in [1.165, 1.54) is 11.0 Å². The van der Waals surface area contributed by atoms with Gasteiger partial charge in [-0.2, -0.15) is 13.2 Å². The number of nitrogens with zero attached hydrogens (tertiary/aromatic N) is 2. The number of rotatable bonds is 6. The Labute approximate surface area is 166 Å². The number of halogens is 3. The second-order valence-electron chi connectivity index (χ2n) is 7.65. The Hall–Kier alpha value is -2.77. The van der Waals surface area contributed by atoms with Crippen LogP contribution in [0.1, 0.15) is 36.1 Å². The molecule has 2 aromatic rings. The Balaban J connectivity index is 1.42. The molecule has 154 valence electrons. The molecule has 0 radical (unpaired) electrons. The number of hydrogen-bond acceptors (Lipinski definition) is 3. The van der Waals surface area contributed by atoms with Crippen molar-refractivity contribution in [1.29, 1.82) is 0 Å². The van der Waals surface area contributed by atoms with Gasteiger partial charge in [-0.3, -0.25) is 9.59 Å². The predicted molar refractivity (Wildman–Crippen MR) is 97.2 cm³/mol. The van der Waals surface area contributed by atoms with Gasteiger partial charge in [0.05, 0.1) is 24.3 Å². The number of likely N-dealkylation sites (tertiary alicyclic amines) is 1. The summed E-state index contributed by atoms with van der Waals surface area (Å²) in [5, 5.41) is 0. The third-order valence-corrected chi connectivity index (χ3v) is 5.37. The summed E-state index contributed by atoms with van der Waals surface area (Å²) < 4.78 is 44.1. The maximum Gasteiger partial charge on any atom is 0.416 e. The average molecular weight is 406 g/mol. The molecule has 5 nitrogen and oxygen atoms in total. The molecule has 0 N–H and O–H groups in total. The smallest absolute Gasteiger partial charge is 0.416 e. The molecule has 1 saturated heterocycles. The number of carbonyl (C=O) groups excluding carboxylic acids is 2. The molecule has 4 rings (SSSR count). The number of alkyl halides is 3. The third kappa shape index (κ3) is 4.46. The molecule has 8 heteroatoms. The van der Waals surface area contributed by atoms with Crippen molar-refractivity contribution in [2.45, 2.75) is 44.6 Å². The van der Waals surface area contributed by atoms with Crippen molar-refractivity contribution >= 4 is 11.8 Å². The molecule has 1 atom stereocenters. The molecule has 1 aromatic heterocycles. The first-order valence-electron chi connectivity index (χ1n) is 9.58. The minimum absolute atomic E-state index is 0.0636. The molecule has 1 aliphatic heterocycles. The van der Waals surface area contributed by atoms with Crippen LogP contribution >= 0.6 is 0 Å². The van der Waals surface area contributed by atoms with Gasteiger partial charge in [0, 0.05) is 25.6 Å². The van der Waals surface area contributed by atoms with E-state index in [0.29, 0.717) is 17.9 Å². The van der Waals surface area contributed by atoms with E-state index in [4.69, 9.17) is 4.42 Å². The molecule has 0 spiro atoms. The average Bonchev–Trinajstić information content (AvgIpc) is 3.26. The standard InChI is InChI=1S/C21H21F3N2O3/c22-21(23,24)16-4-1-3-14(9-16)11-25-12-15(10-19(25)27)20(28)26(17-6-7-17)13-18-5-2-8-29-18/h1-5,8-9,15,17H,6-7,10-13H2. The third-order valence-electron chi connectivity index (χ3n) is 5.37. The molecule has 1 aromatic carbocycles. The molecule has 2 fully saturated rings. The van der Waals surface area contributed by atoms with Crippen LogP contribution in [-0.2, 0) is 28.9 Å². The van der Waals surface area contributed by atoms with Gasteiger partial charge in [-0.1, -0.05) is 12.1 Å². The number of carbonyl (C=O) groups is 2. The monoisotopic (exact) mass is 406 g/mol. The quantitative estimate of drug-likeness (QED) is 0.733. The second kappa shape index (κ2) is 7.57. The topological polar surface area (TPSA) is 53.8 Å². The molecule has 29 heavy (non-hydrogen) atoms. The Morgan fingerprint density at radius 1 is 1.21 bits per heavy atom. The van der Waals surface area contributed by atoms with Crippen LogP contribution in [0.2, 0.25) is 0 Å². The van der Waals surface area contributed by atoms with E-state index in [2.05, 4.69) is 0 Å². The minimum Gasteiger partial charge on any atom is -0.467 e. The van der Waals surface area contributed by atoms with Gasteiger partial charge < -0.3 is 14.2 Å². The zero-order valence-corrected chi connectivity index (χ0v) is 15.7. The largest absolute Gasteiger partial charge is 0.467 e. The van der Waals surface area contributed by atoms with E-state index in [1.807, 2.05) is 6.07 Å². The van der Waals surface area contributed by atoms with Gasteiger partial charge in [-0.25, -0.2) is 0 Å². The number of furan rings is 1. The first kappa shape index (κ1) is 19.5. The fourth-order valence-corrected chi connectivity index (χ4v) is 3.73. The highest BCUT2D eigenvalue weighted by Gasteiger charge is 2.41. The molecular weight excluding hydrogens is 385 g/mol. The van der Waals surface area contributed by atoms with Crippen molar-refractivity contribution in [2.75, 3.05) is 6.54 Å². The van der Waals surface area contributed by atoms with E-state index in [-0.39, 0.29) is 37.4 Å². The van der Waals surface area contributed by atoms with E-state index in [1.54, 1.807) is 23.3 Å². The van der Waals surface area contributed by atoms with Crippen molar-refractivity contribution < 1.29 is 27.2 Å². The first-order valence-corrected chi connectivity index (χ1v) is 9.58. The fourth-order valence-electron chi connectivity index (χ4n) is 3.73. The van der Waals surface area contributed by atoms with Gasteiger partial charge in [-0.15, -0.1) is 0 Å². The zero-order chi connectivity index (χ0) is 20.6. The minimum atomic E-state index is -4.43. The Morgan fingerprint density at radius 2 is 2.00 bits per heavy atom. The van der Waals surface area contributed by atoms with Gasteiger partial charge in [-0.05, 0) is 42.7 Å². The fraction of sp³-hybridized carbons (Fsp3) is 0.429. The van der Waals surface area contributed by atoms with Crippen molar-refractivity contribution in [2.24, 2.45) is 5.92 Å². The molecular formula is C21H21F3N2O3. The maximum absolute atomic E-state index is 13.0. The van der Waals surface area contributed by atoms with Gasteiger partial charge in [0.25, 0.3) is 0 Å². The summed E-state index contributed by atoms with van der Waals surface area (Å²) in [6.07, 6.45) is -0.928. The van der Waals surface area contributed by atoms with E-state index >= 15 is 0 Å². The molecule has 2 amide bonds. The predicted octanol–water partition coefficient (Wildman–Crippen LogP) is 3.84. The van der Waals surface area contributed by atoms with E-state index in [9.17, 15) is 22.8 Å². The highest BCUT2D eigenvalue weighted by molar-refractivity contribution is 5.89. The lowest BCUT2D eigenvalue weighted by Crippen LogP contribution is -2.38. The lowest BCUT2D eigenvalue weighted by Gasteiger charge is -2.25. The summed E-state index contributed by atoms with van der Waals surface area (Å²) in [6, 6.07) is 8.69. The molecule has 2 aliphatic rings. The lowest BCUT2D eigenvalue weighted by atomic mass is 10.1. The van der Waals surface area contributed by atoms with Crippen LogP contribution in [0.15, 0.2) is 47.1 Å². The Morgan fingerprint density at radius 3 is 2.66 bits per heavy atom. The van der Waals surface area contributed by atoms with Gasteiger partial charge >= 0.3 is 6.18 Å². The Bertz CT molecular complexity index is 891. The Kier molecular flexibility index (Phi) is 5.10. The van der Waals surface area contributed by atoms with Crippen LogP contribution in [0.25, 0.3) is 0 Å². The van der Waals surface area contributed by atoms with Crippen molar-refractivity contribution in [3.63, 3.8) is 0 Å². The van der Waals surface area contributed by atoms with E-state index < -0.39 is 17.7 Å². The van der Waals surface area contributed by atoms with Crippen molar-refractivity contribution in [3.8, 4) is 0 Å². The summed E-state index contributed by atoms with van der Waals surface area (Å²) in [6.45, 7) is 0.651. The first-order chi connectivity index (χ1) is 13.8. The molecule has 1 aliphatic carbocycles. The second-order valence-corrected chi connectivity index (χ2v) is 7.65.